The van der Waals surface area contributed by atoms with Crippen LogP contribution < -0.4 is 9.81 Å². The van der Waals surface area contributed by atoms with Crippen molar-refractivity contribution in [3.05, 3.63) is 24.3 Å². The molecular weight excluding hydrogens is 190 g/mol. The molecule has 1 aromatic rings. The summed E-state index contributed by atoms with van der Waals surface area (Å²) >= 11 is 2.34. The van der Waals surface area contributed by atoms with E-state index in [0.29, 0.717) is 5.46 Å². The molecule has 1 aromatic carbocycles. The third kappa shape index (κ3) is 1.87. The fourth-order valence-electron chi connectivity index (χ4n) is 0.685. The van der Waals surface area contributed by atoms with Gasteiger partial charge in [0.05, 0.1) is 0 Å². The molecule has 0 saturated carbocycles. The Bertz CT molecular complexity index is 227. The first-order chi connectivity index (χ1) is 4.70. The van der Waals surface area contributed by atoms with Crippen molar-refractivity contribution in [2.75, 3.05) is 0 Å². The van der Waals surface area contributed by atoms with Crippen LogP contribution in [0.15, 0.2) is 24.3 Å². The number of rotatable bonds is 1. The maximum absolute atomic E-state index is 8.70. The number of benzene rings is 1. The van der Waals surface area contributed by atoms with Crippen LogP contribution in [0.1, 0.15) is 0 Å². The predicted octanol–water partition coefficient (Wildman–Crippen LogP) is -1.84. The molecule has 0 aliphatic carbocycles. The molecule has 10 heavy (non-hydrogen) atoms. The molecule has 0 saturated heterocycles. The van der Waals surface area contributed by atoms with Crippen LogP contribution in [0, 0.1) is 0 Å². The summed E-state index contributed by atoms with van der Waals surface area (Å²) in [6.07, 6.45) is 0. The van der Waals surface area contributed by atoms with Gasteiger partial charge in [-0.1, -0.05) is 0 Å². The first kappa shape index (κ1) is 7.87. The molecule has 0 heterocycles. The Kier molecular flexibility index (Phi) is 2.55. The quantitative estimate of drug-likeness (QED) is 0.518. The standard InChI is InChI=1S/C6H6AsBO2/c7-5-2-1-3-6(4-5)8(9)10/h1-4,9-10H. The van der Waals surface area contributed by atoms with Crippen molar-refractivity contribution in [3.8, 4) is 0 Å². The summed E-state index contributed by atoms with van der Waals surface area (Å²) in [5.41, 5.74) is 0.526. The van der Waals surface area contributed by atoms with Gasteiger partial charge in [0.15, 0.2) is 0 Å². The fraction of sp³-hybridized carbons (Fsp3) is 0. The van der Waals surface area contributed by atoms with Crippen molar-refractivity contribution in [1.29, 1.82) is 0 Å². The SMILES string of the molecule is OB(O)c1cccc([As])c1. The average Bonchev–Trinajstić information content (AvgIpc) is 1.88. The molecule has 50 valence electrons. The summed E-state index contributed by atoms with van der Waals surface area (Å²) in [7, 11) is -1.36. The van der Waals surface area contributed by atoms with Crippen molar-refractivity contribution >= 4 is 33.8 Å². The summed E-state index contributed by atoms with van der Waals surface area (Å²) in [6, 6.07) is 7.04. The van der Waals surface area contributed by atoms with Crippen molar-refractivity contribution in [2.24, 2.45) is 0 Å². The van der Waals surface area contributed by atoms with Gasteiger partial charge in [0.1, 0.15) is 0 Å². The Hall–Kier alpha value is -0.237. The molecule has 0 spiro atoms. The first-order valence-electron chi connectivity index (χ1n) is 2.85. The molecule has 2 nitrogen and oxygen atoms in total. The Labute approximate surface area is 68.5 Å². The van der Waals surface area contributed by atoms with Crippen LogP contribution in [-0.2, 0) is 0 Å². The Morgan fingerprint density at radius 1 is 1.30 bits per heavy atom. The summed E-state index contributed by atoms with van der Waals surface area (Å²) in [5, 5.41) is 17.4. The van der Waals surface area contributed by atoms with Crippen LogP contribution >= 0.6 is 0 Å². The molecule has 0 fully saturated rings. The van der Waals surface area contributed by atoms with Crippen molar-refractivity contribution < 1.29 is 10.0 Å². The second kappa shape index (κ2) is 3.24. The predicted molar refractivity (Wildman–Crippen MR) is 41.7 cm³/mol. The van der Waals surface area contributed by atoms with E-state index in [1.54, 1.807) is 18.2 Å². The third-order valence-corrected chi connectivity index (χ3v) is 1.75. The maximum atomic E-state index is 8.70. The third-order valence-electron chi connectivity index (χ3n) is 1.17. The van der Waals surface area contributed by atoms with Gasteiger partial charge in [-0.25, -0.2) is 0 Å². The van der Waals surface area contributed by atoms with Crippen LogP contribution in [-0.4, -0.2) is 34.0 Å². The van der Waals surface area contributed by atoms with Gasteiger partial charge in [-0.2, -0.15) is 0 Å². The summed E-state index contributed by atoms with van der Waals surface area (Å²) < 4.78 is 0.970. The summed E-state index contributed by atoms with van der Waals surface area (Å²) in [6.45, 7) is 0. The van der Waals surface area contributed by atoms with E-state index in [-0.39, 0.29) is 0 Å². The zero-order valence-corrected chi connectivity index (χ0v) is 7.10. The summed E-state index contributed by atoms with van der Waals surface area (Å²) in [4.78, 5) is 0. The van der Waals surface area contributed by atoms with Crippen LogP contribution in [0.3, 0.4) is 0 Å². The van der Waals surface area contributed by atoms with E-state index in [4.69, 9.17) is 10.0 Å². The molecule has 0 aromatic heterocycles. The van der Waals surface area contributed by atoms with E-state index in [1.165, 1.54) is 0 Å². The van der Waals surface area contributed by atoms with E-state index < -0.39 is 7.12 Å². The zero-order chi connectivity index (χ0) is 7.56. The molecule has 2 N–H and O–H groups in total. The van der Waals surface area contributed by atoms with Gasteiger partial charge in [-0.3, -0.25) is 0 Å². The van der Waals surface area contributed by atoms with Crippen LogP contribution in [0.25, 0.3) is 0 Å². The monoisotopic (exact) mass is 196 g/mol. The molecule has 2 radical (unpaired) electrons. The van der Waals surface area contributed by atoms with Gasteiger partial charge in [0.25, 0.3) is 0 Å². The van der Waals surface area contributed by atoms with Gasteiger partial charge in [-0.05, 0) is 0 Å². The molecule has 0 bridgehead atoms. The molecule has 4 heteroatoms. The minimum absolute atomic E-state index is 0.526. The van der Waals surface area contributed by atoms with Gasteiger partial charge in [0.2, 0.25) is 0 Å². The van der Waals surface area contributed by atoms with Gasteiger partial charge < -0.3 is 0 Å². The van der Waals surface area contributed by atoms with Crippen molar-refractivity contribution in [2.45, 2.75) is 0 Å². The molecular formula is C6H6AsBO2. The molecule has 0 atom stereocenters. The fourth-order valence-corrected chi connectivity index (χ4v) is 1.18. The van der Waals surface area contributed by atoms with Gasteiger partial charge >= 0.3 is 68.1 Å². The topological polar surface area (TPSA) is 40.5 Å². The zero-order valence-electron chi connectivity index (χ0n) is 5.23. The average molecular weight is 196 g/mol. The van der Waals surface area contributed by atoms with Gasteiger partial charge in [-0.15, -0.1) is 0 Å². The van der Waals surface area contributed by atoms with Crippen LogP contribution in [0.5, 0.6) is 0 Å². The Morgan fingerprint density at radius 2 is 2.00 bits per heavy atom. The number of hydrogen-bond acceptors (Lipinski definition) is 2. The summed E-state index contributed by atoms with van der Waals surface area (Å²) in [5.74, 6) is 0. The Balaban J connectivity index is 2.96. The first-order valence-corrected chi connectivity index (χ1v) is 3.79. The van der Waals surface area contributed by atoms with Crippen molar-refractivity contribution in [1.82, 2.24) is 0 Å². The van der Waals surface area contributed by atoms with E-state index >= 15 is 0 Å². The van der Waals surface area contributed by atoms with E-state index in [1.807, 2.05) is 6.07 Å². The number of hydrogen-bond donors (Lipinski definition) is 2. The van der Waals surface area contributed by atoms with E-state index in [2.05, 4.69) is 16.9 Å². The molecule has 0 unspecified atom stereocenters. The minimum atomic E-state index is -1.36. The van der Waals surface area contributed by atoms with Crippen LogP contribution in [0.4, 0.5) is 0 Å². The van der Waals surface area contributed by atoms with Crippen LogP contribution in [0.2, 0.25) is 0 Å². The second-order valence-electron chi connectivity index (χ2n) is 1.97. The second-order valence-corrected chi connectivity index (χ2v) is 3.05. The normalized spacial score (nSPS) is 9.50. The Morgan fingerprint density at radius 3 is 2.40 bits per heavy atom. The molecule has 0 aliphatic heterocycles. The molecule has 0 amide bonds. The van der Waals surface area contributed by atoms with E-state index in [9.17, 15) is 0 Å². The van der Waals surface area contributed by atoms with Crippen molar-refractivity contribution in [3.63, 3.8) is 0 Å². The molecule has 0 aliphatic rings. The van der Waals surface area contributed by atoms with Gasteiger partial charge in [0, 0.05) is 0 Å². The molecule has 1 rings (SSSR count). The van der Waals surface area contributed by atoms with E-state index in [0.717, 1.165) is 4.35 Å².